The molecule has 51 heavy (non-hydrogen) atoms. The lowest BCUT2D eigenvalue weighted by Crippen LogP contribution is -2.08. The standard InChI is InChI=1S/C46H33N5/c1-32(48-42-24-14-23-37(30-42)33-15-6-2-7-16-33)44-49-45(51-46(50-44)43-31-38(25-26-47-43)34-17-8-3-9-18-34)41-28-39(35-19-10-4-11-20-35)27-40(29-41)36-21-12-5-13-22-36/h2-31H,1H3/b48-32+. The van der Waals surface area contributed by atoms with Gasteiger partial charge in [0.2, 0.25) is 0 Å². The minimum absolute atomic E-state index is 0.478. The predicted molar refractivity (Wildman–Crippen MR) is 209 cm³/mol. The van der Waals surface area contributed by atoms with Crippen molar-refractivity contribution < 1.29 is 0 Å². The molecule has 6 aromatic carbocycles. The summed E-state index contributed by atoms with van der Waals surface area (Å²) < 4.78 is 0. The average molecular weight is 656 g/mol. The molecule has 0 saturated carbocycles. The SMILES string of the molecule is C/C(=N\c1cccc(-c2ccccc2)c1)c1nc(-c2cc(-c3ccccc3)cc(-c3ccccc3)c2)nc(-c2cc(-c3ccccc3)ccn2)n1. The summed E-state index contributed by atoms with van der Waals surface area (Å²) in [7, 11) is 0. The molecule has 0 atom stereocenters. The smallest absolute Gasteiger partial charge is 0.182 e. The summed E-state index contributed by atoms with van der Waals surface area (Å²) in [6.07, 6.45) is 1.81. The third kappa shape index (κ3) is 7.14. The molecule has 2 heterocycles. The Hall–Kier alpha value is -6.85. The van der Waals surface area contributed by atoms with Crippen LogP contribution in [-0.4, -0.2) is 25.6 Å². The van der Waals surface area contributed by atoms with Crippen LogP contribution in [0.4, 0.5) is 5.69 Å². The molecule has 0 unspecified atom stereocenters. The van der Waals surface area contributed by atoms with Crippen LogP contribution in [0, 0.1) is 0 Å². The molecular weight excluding hydrogens is 623 g/mol. The average Bonchev–Trinajstić information content (AvgIpc) is 3.22. The Morgan fingerprint density at radius 1 is 0.392 bits per heavy atom. The number of rotatable bonds is 8. The Morgan fingerprint density at radius 2 is 0.863 bits per heavy atom. The zero-order valence-electron chi connectivity index (χ0n) is 28.1. The molecule has 0 aliphatic rings. The van der Waals surface area contributed by atoms with Crippen LogP contribution >= 0.6 is 0 Å². The lowest BCUT2D eigenvalue weighted by molar-refractivity contribution is 1.03. The summed E-state index contributed by atoms with van der Waals surface area (Å²) in [6, 6.07) is 60.1. The Bertz CT molecular complexity index is 2400. The van der Waals surface area contributed by atoms with Crippen molar-refractivity contribution in [2.24, 2.45) is 4.99 Å². The highest BCUT2D eigenvalue weighted by Gasteiger charge is 2.16. The molecule has 5 heteroatoms. The highest BCUT2D eigenvalue weighted by atomic mass is 15.1. The topological polar surface area (TPSA) is 63.9 Å². The number of aliphatic imine (C=N–C) groups is 1. The fourth-order valence-electron chi connectivity index (χ4n) is 6.12. The summed E-state index contributed by atoms with van der Waals surface area (Å²) in [5.74, 6) is 1.51. The first-order chi connectivity index (χ1) is 25.2. The second-order valence-electron chi connectivity index (χ2n) is 12.2. The van der Waals surface area contributed by atoms with Crippen LogP contribution < -0.4 is 0 Å². The number of aromatic nitrogens is 4. The van der Waals surface area contributed by atoms with Crippen LogP contribution in [0.25, 0.3) is 67.4 Å². The molecule has 8 aromatic rings. The zero-order chi connectivity index (χ0) is 34.4. The van der Waals surface area contributed by atoms with Crippen molar-refractivity contribution in [1.82, 2.24) is 19.9 Å². The van der Waals surface area contributed by atoms with Gasteiger partial charge in [-0.25, -0.2) is 19.9 Å². The lowest BCUT2D eigenvalue weighted by atomic mass is 9.96. The molecule has 8 rings (SSSR count). The lowest BCUT2D eigenvalue weighted by Gasteiger charge is -2.12. The summed E-state index contributed by atoms with van der Waals surface area (Å²) in [6.45, 7) is 1.95. The van der Waals surface area contributed by atoms with E-state index in [1.54, 1.807) is 6.20 Å². The molecule has 0 fully saturated rings. The number of hydrogen-bond donors (Lipinski definition) is 0. The van der Waals surface area contributed by atoms with Gasteiger partial charge in [0.05, 0.1) is 11.4 Å². The van der Waals surface area contributed by atoms with Gasteiger partial charge in [0.1, 0.15) is 5.69 Å². The monoisotopic (exact) mass is 655 g/mol. The molecule has 0 aliphatic heterocycles. The first-order valence-electron chi connectivity index (χ1n) is 16.9. The van der Waals surface area contributed by atoms with Crippen molar-refractivity contribution in [3.05, 3.63) is 188 Å². The molecule has 242 valence electrons. The van der Waals surface area contributed by atoms with Gasteiger partial charge in [0.25, 0.3) is 0 Å². The maximum Gasteiger partial charge on any atom is 0.182 e. The van der Waals surface area contributed by atoms with Crippen LogP contribution in [0.1, 0.15) is 12.7 Å². The number of hydrogen-bond acceptors (Lipinski definition) is 5. The van der Waals surface area contributed by atoms with Gasteiger partial charge in [-0.15, -0.1) is 0 Å². The second kappa shape index (κ2) is 14.3. The van der Waals surface area contributed by atoms with Crippen LogP contribution in [0.3, 0.4) is 0 Å². The Labute approximate surface area is 297 Å². The first kappa shape index (κ1) is 31.4. The van der Waals surface area contributed by atoms with Gasteiger partial charge >= 0.3 is 0 Å². The van der Waals surface area contributed by atoms with E-state index in [-0.39, 0.29) is 0 Å². The molecule has 0 spiro atoms. The largest absolute Gasteiger partial charge is 0.253 e. The van der Waals surface area contributed by atoms with Gasteiger partial charge in [-0.2, -0.15) is 0 Å². The van der Waals surface area contributed by atoms with Gasteiger partial charge in [0, 0.05) is 11.8 Å². The van der Waals surface area contributed by atoms with Gasteiger partial charge in [-0.05, 0) is 93.9 Å². The highest BCUT2D eigenvalue weighted by molar-refractivity contribution is 5.98. The van der Waals surface area contributed by atoms with Crippen LogP contribution in [-0.2, 0) is 0 Å². The summed E-state index contributed by atoms with van der Waals surface area (Å²) in [5, 5.41) is 0. The molecule has 0 bridgehead atoms. The minimum Gasteiger partial charge on any atom is -0.253 e. The van der Waals surface area contributed by atoms with E-state index in [0.29, 0.717) is 28.9 Å². The minimum atomic E-state index is 0.478. The molecule has 0 aliphatic carbocycles. The molecule has 5 nitrogen and oxygen atoms in total. The maximum absolute atomic E-state index is 5.08. The Morgan fingerprint density at radius 3 is 1.43 bits per heavy atom. The van der Waals surface area contributed by atoms with Crippen molar-refractivity contribution in [2.75, 3.05) is 0 Å². The van der Waals surface area contributed by atoms with E-state index in [0.717, 1.165) is 55.8 Å². The third-order valence-corrected chi connectivity index (χ3v) is 8.71. The number of pyridine rings is 1. The van der Waals surface area contributed by atoms with Crippen LogP contribution in [0.2, 0.25) is 0 Å². The van der Waals surface area contributed by atoms with Crippen molar-refractivity contribution in [2.45, 2.75) is 6.92 Å². The van der Waals surface area contributed by atoms with E-state index < -0.39 is 0 Å². The second-order valence-corrected chi connectivity index (χ2v) is 12.2. The molecule has 2 aromatic heterocycles. The third-order valence-electron chi connectivity index (χ3n) is 8.71. The van der Waals surface area contributed by atoms with Crippen molar-refractivity contribution in [3.63, 3.8) is 0 Å². The number of nitrogens with zero attached hydrogens (tertiary/aromatic N) is 5. The molecule has 0 N–H and O–H groups in total. The van der Waals surface area contributed by atoms with Gasteiger partial charge < -0.3 is 0 Å². The maximum atomic E-state index is 5.08. The molecular formula is C46H33N5. The van der Waals surface area contributed by atoms with E-state index in [1.807, 2.05) is 79.7 Å². The van der Waals surface area contributed by atoms with E-state index in [2.05, 4.69) is 103 Å². The Balaban J connectivity index is 1.29. The van der Waals surface area contributed by atoms with Gasteiger partial charge in [0.15, 0.2) is 17.5 Å². The first-order valence-corrected chi connectivity index (χ1v) is 16.9. The van der Waals surface area contributed by atoms with E-state index in [4.69, 9.17) is 24.9 Å². The summed E-state index contributed by atoms with van der Waals surface area (Å²) in [4.78, 5) is 24.9. The van der Waals surface area contributed by atoms with Crippen molar-refractivity contribution in [1.29, 1.82) is 0 Å². The van der Waals surface area contributed by atoms with Gasteiger partial charge in [-0.3, -0.25) is 4.98 Å². The van der Waals surface area contributed by atoms with E-state index in [1.165, 1.54) is 0 Å². The van der Waals surface area contributed by atoms with Crippen LogP contribution in [0.15, 0.2) is 187 Å². The zero-order valence-corrected chi connectivity index (χ0v) is 28.1. The fourth-order valence-corrected chi connectivity index (χ4v) is 6.12. The fraction of sp³-hybridized carbons (Fsp3) is 0.0217. The van der Waals surface area contributed by atoms with E-state index >= 15 is 0 Å². The molecule has 0 radical (unpaired) electrons. The molecule has 0 amide bonds. The quantitative estimate of drug-likeness (QED) is 0.153. The highest BCUT2D eigenvalue weighted by Crippen LogP contribution is 2.33. The van der Waals surface area contributed by atoms with Crippen molar-refractivity contribution >= 4 is 11.4 Å². The molecule has 0 saturated heterocycles. The normalized spacial score (nSPS) is 11.4. The van der Waals surface area contributed by atoms with Crippen molar-refractivity contribution in [3.8, 4) is 67.4 Å². The summed E-state index contributed by atoms with van der Waals surface area (Å²) >= 11 is 0. The Kier molecular flexibility index (Phi) is 8.83. The van der Waals surface area contributed by atoms with Crippen LogP contribution in [0.5, 0.6) is 0 Å². The summed E-state index contributed by atoms with van der Waals surface area (Å²) in [5.41, 5.74) is 11.7. The number of benzene rings is 6. The predicted octanol–water partition coefficient (Wildman–Crippen LogP) is 11.4. The van der Waals surface area contributed by atoms with E-state index in [9.17, 15) is 0 Å². The van der Waals surface area contributed by atoms with Gasteiger partial charge in [-0.1, -0.05) is 133 Å².